The zero-order valence-electron chi connectivity index (χ0n) is 6.31. The second kappa shape index (κ2) is 2.89. The Morgan fingerprint density at radius 3 is 2.60 bits per heavy atom. The summed E-state index contributed by atoms with van der Waals surface area (Å²) in [6, 6.07) is 1.51. The molecule has 0 aromatic rings. The molecule has 1 N–H and O–H groups in total. The van der Waals surface area contributed by atoms with Crippen molar-refractivity contribution in [2.45, 2.75) is 37.8 Å². The largest absolute Gasteiger partial charge is 0.380 e. The van der Waals surface area contributed by atoms with E-state index in [0.29, 0.717) is 6.04 Å². The lowest BCUT2D eigenvalue weighted by Crippen LogP contribution is -2.37. The average Bonchev–Trinajstić information content (AvgIpc) is 2.74. The van der Waals surface area contributed by atoms with Crippen LogP contribution in [0.25, 0.3) is 0 Å². The number of nitrogens with one attached hydrogen (secondary N) is 1. The molecule has 0 aromatic heterocycles. The van der Waals surface area contributed by atoms with Crippen LogP contribution in [0.5, 0.6) is 0 Å². The highest BCUT2D eigenvalue weighted by Crippen LogP contribution is 2.21. The van der Waals surface area contributed by atoms with Gasteiger partial charge in [-0.15, -0.1) is 0 Å². The molecular weight excluding hydrogens is 126 g/mol. The van der Waals surface area contributed by atoms with Crippen LogP contribution in [0, 0.1) is 0 Å². The normalized spacial score (nSPS) is 34.2. The van der Waals surface area contributed by atoms with Crippen molar-refractivity contribution in [3.8, 4) is 0 Å². The summed E-state index contributed by atoms with van der Waals surface area (Å²) < 4.78 is 5.35. The first-order valence-corrected chi connectivity index (χ1v) is 4.29. The minimum atomic E-state index is 0.668. The van der Waals surface area contributed by atoms with Gasteiger partial charge < -0.3 is 10.1 Å². The van der Waals surface area contributed by atoms with Crippen LogP contribution in [0.4, 0.5) is 0 Å². The van der Waals surface area contributed by atoms with Crippen LogP contribution in [0.15, 0.2) is 0 Å². The molecule has 1 saturated heterocycles. The maximum atomic E-state index is 5.35. The van der Waals surface area contributed by atoms with Crippen LogP contribution in [0.2, 0.25) is 0 Å². The van der Waals surface area contributed by atoms with Crippen molar-refractivity contribution in [3.63, 3.8) is 0 Å². The van der Waals surface area contributed by atoms with Crippen LogP contribution in [-0.2, 0) is 4.74 Å². The highest BCUT2D eigenvalue weighted by atomic mass is 16.5. The molecule has 1 heterocycles. The predicted octanol–water partition coefficient (Wildman–Crippen LogP) is 0.917. The molecule has 0 spiro atoms. The fourth-order valence-corrected chi connectivity index (χ4v) is 1.46. The van der Waals surface area contributed by atoms with E-state index in [9.17, 15) is 0 Å². The van der Waals surface area contributed by atoms with Gasteiger partial charge in [-0.3, -0.25) is 0 Å². The SMILES string of the molecule is C1COCC(NC2CC2)C1. The van der Waals surface area contributed by atoms with E-state index >= 15 is 0 Å². The fraction of sp³-hybridized carbons (Fsp3) is 1.00. The smallest absolute Gasteiger partial charge is 0.0619 e. The molecule has 2 heteroatoms. The molecule has 58 valence electrons. The zero-order chi connectivity index (χ0) is 6.81. The predicted molar refractivity (Wildman–Crippen MR) is 40.0 cm³/mol. The van der Waals surface area contributed by atoms with Crippen LogP contribution >= 0.6 is 0 Å². The third-order valence-electron chi connectivity index (χ3n) is 2.21. The summed E-state index contributed by atoms with van der Waals surface area (Å²) in [6.45, 7) is 1.92. The molecule has 2 aliphatic rings. The molecule has 2 fully saturated rings. The van der Waals surface area contributed by atoms with Crippen molar-refractivity contribution in [1.82, 2.24) is 5.32 Å². The molecule has 0 amide bonds. The van der Waals surface area contributed by atoms with Gasteiger partial charge in [0, 0.05) is 18.7 Å². The summed E-state index contributed by atoms with van der Waals surface area (Å²) >= 11 is 0. The molecule has 0 radical (unpaired) electrons. The first-order chi connectivity index (χ1) is 4.95. The van der Waals surface area contributed by atoms with E-state index in [1.54, 1.807) is 0 Å². The topological polar surface area (TPSA) is 21.3 Å². The number of hydrogen-bond donors (Lipinski definition) is 1. The van der Waals surface area contributed by atoms with Gasteiger partial charge in [-0.2, -0.15) is 0 Å². The van der Waals surface area contributed by atoms with E-state index in [1.165, 1.54) is 25.7 Å². The Kier molecular flexibility index (Phi) is 1.91. The fourth-order valence-electron chi connectivity index (χ4n) is 1.46. The molecule has 2 rings (SSSR count). The Balaban J connectivity index is 1.69. The lowest BCUT2D eigenvalue weighted by molar-refractivity contribution is 0.0699. The second-order valence-corrected chi connectivity index (χ2v) is 3.36. The molecule has 0 bridgehead atoms. The molecular formula is C8H15NO. The minimum Gasteiger partial charge on any atom is -0.380 e. The minimum absolute atomic E-state index is 0.668. The van der Waals surface area contributed by atoms with Crippen LogP contribution in [0.1, 0.15) is 25.7 Å². The van der Waals surface area contributed by atoms with E-state index in [2.05, 4.69) is 5.32 Å². The number of hydrogen-bond acceptors (Lipinski definition) is 2. The van der Waals surface area contributed by atoms with Crippen molar-refractivity contribution < 1.29 is 4.74 Å². The second-order valence-electron chi connectivity index (χ2n) is 3.36. The molecule has 0 aromatic carbocycles. The van der Waals surface area contributed by atoms with Crippen molar-refractivity contribution in [2.24, 2.45) is 0 Å². The lowest BCUT2D eigenvalue weighted by atomic mass is 10.1. The summed E-state index contributed by atoms with van der Waals surface area (Å²) in [5.74, 6) is 0. The van der Waals surface area contributed by atoms with E-state index in [-0.39, 0.29) is 0 Å². The lowest BCUT2D eigenvalue weighted by Gasteiger charge is -2.22. The molecule has 1 aliphatic carbocycles. The molecule has 2 nitrogen and oxygen atoms in total. The van der Waals surface area contributed by atoms with Gasteiger partial charge in [0.05, 0.1) is 6.61 Å². The van der Waals surface area contributed by atoms with Gasteiger partial charge in [0.15, 0.2) is 0 Å². The van der Waals surface area contributed by atoms with E-state index in [4.69, 9.17) is 4.74 Å². The van der Waals surface area contributed by atoms with Gasteiger partial charge >= 0.3 is 0 Å². The van der Waals surface area contributed by atoms with Gasteiger partial charge in [-0.25, -0.2) is 0 Å². The summed E-state index contributed by atoms with van der Waals surface area (Å²) in [7, 11) is 0. The quantitative estimate of drug-likeness (QED) is 0.617. The Labute approximate surface area is 61.9 Å². The Bertz CT molecular complexity index is 106. The highest BCUT2D eigenvalue weighted by molar-refractivity contribution is 4.85. The van der Waals surface area contributed by atoms with E-state index < -0.39 is 0 Å². The molecule has 1 unspecified atom stereocenters. The Morgan fingerprint density at radius 2 is 2.00 bits per heavy atom. The number of rotatable bonds is 2. The standard InChI is InChI=1S/C8H15NO/c1-2-8(6-10-5-1)9-7-3-4-7/h7-9H,1-6H2. The van der Waals surface area contributed by atoms with Gasteiger partial charge in [-0.1, -0.05) is 0 Å². The van der Waals surface area contributed by atoms with Crippen LogP contribution in [-0.4, -0.2) is 25.3 Å². The van der Waals surface area contributed by atoms with Gasteiger partial charge in [0.25, 0.3) is 0 Å². The first-order valence-electron chi connectivity index (χ1n) is 4.29. The van der Waals surface area contributed by atoms with Gasteiger partial charge in [0.1, 0.15) is 0 Å². The summed E-state index contributed by atoms with van der Waals surface area (Å²) in [5, 5.41) is 3.57. The van der Waals surface area contributed by atoms with Crippen molar-refractivity contribution >= 4 is 0 Å². The molecule has 10 heavy (non-hydrogen) atoms. The third-order valence-corrected chi connectivity index (χ3v) is 2.21. The zero-order valence-corrected chi connectivity index (χ0v) is 6.31. The average molecular weight is 141 g/mol. The maximum Gasteiger partial charge on any atom is 0.0619 e. The van der Waals surface area contributed by atoms with Crippen molar-refractivity contribution in [1.29, 1.82) is 0 Å². The maximum absolute atomic E-state index is 5.35. The van der Waals surface area contributed by atoms with Crippen molar-refractivity contribution in [3.05, 3.63) is 0 Å². The van der Waals surface area contributed by atoms with Gasteiger partial charge in [-0.05, 0) is 25.7 Å². The van der Waals surface area contributed by atoms with Gasteiger partial charge in [0.2, 0.25) is 0 Å². The first kappa shape index (κ1) is 6.62. The van der Waals surface area contributed by atoms with E-state index in [1.807, 2.05) is 0 Å². The van der Waals surface area contributed by atoms with Crippen molar-refractivity contribution in [2.75, 3.05) is 13.2 Å². The summed E-state index contributed by atoms with van der Waals surface area (Å²) in [5.41, 5.74) is 0. The van der Waals surface area contributed by atoms with Crippen LogP contribution in [0.3, 0.4) is 0 Å². The monoisotopic (exact) mass is 141 g/mol. The Morgan fingerprint density at radius 1 is 1.10 bits per heavy atom. The Hall–Kier alpha value is -0.0800. The summed E-state index contributed by atoms with van der Waals surface area (Å²) in [4.78, 5) is 0. The van der Waals surface area contributed by atoms with Crippen LogP contribution < -0.4 is 5.32 Å². The summed E-state index contributed by atoms with van der Waals surface area (Å²) in [6.07, 6.45) is 5.33. The molecule has 1 aliphatic heterocycles. The highest BCUT2D eigenvalue weighted by Gasteiger charge is 2.25. The van der Waals surface area contributed by atoms with E-state index in [0.717, 1.165) is 19.3 Å². The third kappa shape index (κ3) is 1.70. The molecule has 1 saturated carbocycles. The molecule has 1 atom stereocenters. The number of ether oxygens (including phenoxy) is 1.